The molecule has 0 radical (unpaired) electrons. The molecule has 148 valence electrons. The average Bonchev–Trinajstić information content (AvgIpc) is 3.25. The van der Waals surface area contributed by atoms with Crippen LogP contribution in [0.5, 0.6) is 0 Å². The molecule has 27 heavy (non-hydrogen) atoms. The van der Waals surface area contributed by atoms with Crippen LogP contribution in [0.2, 0.25) is 0 Å². The number of benzene rings is 1. The topological polar surface area (TPSA) is 57.4 Å². The van der Waals surface area contributed by atoms with Crippen molar-refractivity contribution in [1.29, 1.82) is 0 Å². The highest BCUT2D eigenvalue weighted by Gasteiger charge is 2.40. The van der Waals surface area contributed by atoms with Crippen LogP contribution in [0, 0.1) is 11.7 Å². The first-order valence-corrected chi connectivity index (χ1v) is 9.91. The molecule has 1 aromatic carbocycles. The molecule has 1 aliphatic carbocycles. The molecule has 1 fully saturated rings. The van der Waals surface area contributed by atoms with Crippen molar-refractivity contribution in [3.63, 3.8) is 0 Å². The molecule has 3 rings (SSSR count). The van der Waals surface area contributed by atoms with Gasteiger partial charge in [-0.15, -0.1) is 0 Å². The van der Waals surface area contributed by atoms with E-state index in [1.807, 2.05) is 20.0 Å². The Labute approximate surface area is 160 Å². The molecule has 1 aromatic heterocycles. The number of H-pyrrole nitrogens is 1. The monoisotopic (exact) mass is 375 g/mol. The average molecular weight is 375 g/mol. The van der Waals surface area contributed by atoms with E-state index >= 15 is 0 Å². The first kappa shape index (κ1) is 19.7. The van der Waals surface area contributed by atoms with E-state index in [0.29, 0.717) is 18.4 Å². The minimum atomic E-state index is -0.345. The minimum Gasteiger partial charge on any atom is -0.447 e. The summed E-state index contributed by atoms with van der Waals surface area (Å²) in [4.78, 5) is 17.2. The number of amides is 1. The predicted molar refractivity (Wildman–Crippen MR) is 105 cm³/mol. The number of rotatable bonds is 9. The van der Waals surface area contributed by atoms with Gasteiger partial charge in [-0.3, -0.25) is 0 Å². The van der Waals surface area contributed by atoms with Gasteiger partial charge < -0.3 is 19.9 Å². The summed E-state index contributed by atoms with van der Waals surface area (Å²) in [7, 11) is 0. The normalized spacial score (nSPS) is 19.0. The number of carbonyl (C=O) groups is 1. The van der Waals surface area contributed by atoms with E-state index in [9.17, 15) is 9.18 Å². The number of hydrogen-bond donors (Lipinski definition) is 2. The van der Waals surface area contributed by atoms with Gasteiger partial charge >= 0.3 is 6.09 Å². The largest absolute Gasteiger partial charge is 0.447 e. The summed E-state index contributed by atoms with van der Waals surface area (Å²) in [6, 6.07) is 4.94. The number of halogens is 1. The van der Waals surface area contributed by atoms with Crippen LogP contribution < -0.4 is 5.32 Å². The fraction of sp³-hybridized carbons (Fsp3) is 0.571. The molecule has 0 saturated heterocycles. The number of carbonyl (C=O) groups excluding carboxylic acids is 1. The molecule has 5 nitrogen and oxygen atoms in total. The number of ether oxygens (including phenoxy) is 1. The van der Waals surface area contributed by atoms with Crippen LogP contribution in [-0.4, -0.2) is 48.3 Å². The van der Waals surface area contributed by atoms with Crippen LogP contribution >= 0.6 is 0 Å². The second-order valence-electron chi connectivity index (χ2n) is 7.66. The van der Waals surface area contributed by atoms with Crippen LogP contribution in [-0.2, 0) is 4.74 Å². The van der Waals surface area contributed by atoms with Crippen molar-refractivity contribution in [1.82, 2.24) is 15.2 Å². The summed E-state index contributed by atoms with van der Waals surface area (Å²) in [5.74, 6) is 0.944. The van der Waals surface area contributed by atoms with Crippen molar-refractivity contribution in [2.75, 3.05) is 26.2 Å². The maximum atomic E-state index is 13.6. The molecule has 2 aromatic rings. The molecule has 1 amide bonds. The predicted octanol–water partition coefficient (Wildman–Crippen LogP) is 4.26. The Morgan fingerprint density at radius 1 is 1.44 bits per heavy atom. The standard InChI is InChI=1S/C21H30FN3O2/c1-4-25(9-5-8-23-21(26)27-14(2)3)13-15-10-17(15)19-12-24-20-7-6-16(22)11-18(19)20/h6-7,11-12,14-15,17,24H,4-5,8-10,13H2,1-3H3,(H,23,26). The van der Waals surface area contributed by atoms with Gasteiger partial charge in [0.05, 0.1) is 6.10 Å². The van der Waals surface area contributed by atoms with E-state index in [1.54, 1.807) is 12.1 Å². The Morgan fingerprint density at radius 3 is 3.00 bits per heavy atom. The smallest absolute Gasteiger partial charge is 0.407 e. The zero-order valence-corrected chi connectivity index (χ0v) is 16.4. The second kappa shape index (κ2) is 8.74. The number of aromatic amines is 1. The van der Waals surface area contributed by atoms with Crippen molar-refractivity contribution in [2.45, 2.75) is 45.6 Å². The Bertz CT molecular complexity index is 774. The lowest BCUT2D eigenvalue weighted by molar-refractivity contribution is 0.115. The van der Waals surface area contributed by atoms with Gasteiger partial charge in [0.2, 0.25) is 0 Å². The number of alkyl carbamates (subject to hydrolysis) is 1. The summed E-state index contributed by atoms with van der Waals surface area (Å²) in [6.45, 7) is 9.45. The molecule has 2 unspecified atom stereocenters. The van der Waals surface area contributed by atoms with Gasteiger partial charge in [0.15, 0.2) is 0 Å². The van der Waals surface area contributed by atoms with E-state index in [0.717, 1.165) is 43.4 Å². The highest BCUT2D eigenvalue weighted by atomic mass is 19.1. The molecule has 1 saturated carbocycles. The summed E-state index contributed by atoms with van der Waals surface area (Å²) in [5.41, 5.74) is 2.24. The van der Waals surface area contributed by atoms with E-state index in [-0.39, 0.29) is 18.0 Å². The molecule has 1 aliphatic rings. The van der Waals surface area contributed by atoms with E-state index in [1.165, 1.54) is 11.6 Å². The summed E-state index contributed by atoms with van der Waals surface area (Å²) in [5, 5.41) is 3.80. The van der Waals surface area contributed by atoms with Gasteiger partial charge in [0.1, 0.15) is 5.82 Å². The molecule has 0 bridgehead atoms. The first-order valence-electron chi connectivity index (χ1n) is 9.91. The van der Waals surface area contributed by atoms with Crippen molar-refractivity contribution in [3.8, 4) is 0 Å². The fourth-order valence-electron chi connectivity index (χ4n) is 3.71. The number of nitrogens with one attached hydrogen (secondary N) is 2. The van der Waals surface area contributed by atoms with E-state index < -0.39 is 0 Å². The molecular weight excluding hydrogens is 345 g/mol. The molecule has 0 aliphatic heterocycles. The van der Waals surface area contributed by atoms with Crippen molar-refractivity contribution >= 4 is 17.0 Å². The van der Waals surface area contributed by atoms with E-state index in [2.05, 4.69) is 22.1 Å². The zero-order chi connectivity index (χ0) is 19.4. The summed E-state index contributed by atoms with van der Waals surface area (Å²) in [6.07, 6.45) is 3.65. The molecule has 2 atom stereocenters. The molecule has 0 spiro atoms. The lowest BCUT2D eigenvalue weighted by Gasteiger charge is -2.20. The van der Waals surface area contributed by atoms with Crippen LogP contribution in [0.3, 0.4) is 0 Å². The number of nitrogens with zero attached hydrogens (tertiary/aromatic N) is 1. The van der Waals surface area contributed by atoms with Gasteiger partial charge in [-0.1, -0.05) is 6.92 Å². The SMILES string of the molecule is CCN(CCCNC(=O)OC(C)C)CC1CC1c1c[nH]c2ccc(F)cc12. The lowest BCUT2D eigenvalue weighted by atomic mass is 10.1. The number of hydrogen-bond acceptors (Lipinski definition) is 3. The quantitative estimate of drug-likeness (QED) is 0.644. The van der Waals surface area contributed by atoms with Crippen LogP contribution in [0.15, 0.2) is 24.4 Å². The molecule has 2 N–H and O–H groups in total. The maximum Gasteiger partial charge on any atom is 0.407 e. The van der Waals surface area contributed by atoms with Crippen LogP contribution in [0.1, 0.15) is 45.1 Å². The van der Waals surface area contributed by atoms with Crippen LogP contribution in [0.4, 0.5) is 9.18 Å². The molecular formula is C21H30FN3O2. The Morgan fingerprint density at radius 2 is 2.26 bits per heavy atom. The minimum absolute atomic E-state index is 0.0954. The van der Waals surface area contributed by atoms with Crippen molar-refractivity contribution in [2.24, 2.45) is 5.92 Å². The highest BCUT2D eigenvalue weighted by molar-refractivity contribution is 5.84. The van der Waals surface area contributed by atoms with Crippen molar-refractivity contribution in [3.05, 3.63) is 35.8 Å². The molecule has 1 heterocycles. The Hall–Kier alpha value is -2.08. The molecule has 6 heteroatoms. The van der Waals surface area contributed by atoms with Crippen molar-refractivity contribution < 1.29 is 13.9 Å². The third-order valence-electron chi connectivity index (χ3n) is 5.20. The highest BCUT2D eigenvalue weighted by Crippen LogP contribution is 2.49. The van der Waals surface area contributed by atoms with Crippen LogP contribution in [0.25, 0.3) is 10.9 Å². The summed E-state index contributed by atoms with van der Waals surface area (Å²) >= 11 is 0. The maximum absolute atomic E-state index is 13.6. The second-order valence-corrected chi connectivity index (χ2v) is 7.66. The zero-order valence-electron chi connectivity index (χ0n) is 16.4. The Kier molecular flexibility index (Phi) is 6.37. The Balaban J connectivity index is 1.44. The third kappa shape index (κ3) is 5.22. The van der Waals surface area contributed by atoms with Gasteiger partial charge in [-0.25, -0.2) is 9.18 Å². The van der Waals surface area contributed by atoms with E-state index in [4.69, 9.17) is 4.74 Å². The van der Waals surface area contributed by atoms with Gasteiger partial charge in [-0.05, 0) is 75.4 Å². The van der Waals surface area contributed by atoms with Gasteiger partial charge in [0, 0.05) is 30.2 Å². The number of fused-ring (bicyclic) bond motifs is 1. The van der Waals surface area contributed by atoms with Gasteiger partial charge in [0.25, 0.3) is 0 Å². The van der Waals surface area contributed by atoms with Gasteiger partial charge in [-0.2, -0.15) is 0 Å². The first-order chi connectivity index (χ1) is 13.0. The third-order valence-corrected chi connectivity index (χ3v) is 5.20. The number of aromatic nitrogens is 1. The fourth-order valence-corrected chi connectivity index (χ4v) is 3.71. The summed E-state index contributed by atoms with van der Waals surface area (Å²) < 4.78 is 18.6. The lowest BCUT2D eigenvalue weighted by Crippen LogP contribution is -2.32.